The average Bonchev–Trinajstić information content (AvgIpc) is 2.72. The second-order valence-electron chi connectivity index (χ2n) is 3.45. The van der Waals surface area contributed by atoms with Crippen molar-refractivity contribution in [1.29, 1.82) is 0 Å². The number of carbonyl (C=O) groups is 1. The van der Waals surface area contributed by atoms with E-state index in [1.165, 1.54) is 7.05 Å². The Bertz CT molecular complexity index is 618. The highest BCUT2D eigenvalue weighted by Crippen LogP contribution is 2.23. The summed E-state index contributed by atoms with van der Waals surface area (Å²) in [7, 11) is 1.48. The number of amides is 1. The minimum atomic E-state index is -0.422. The molecule has 0 atom stereocenters. The summed E-state index contributed by atoms with van der Waals surface area (Å²) in [5.41, 5.74) is 0.424. The third kappa shape index (κ3) is 2.55. The predicted octanol–water partition coefficient (Wildman–Crippen LogP) is 2.19. The Morgan fingerprint density at radius 2 is 2.00 bits per heavy atom. The van der Waals surface area contributed by atoms with Crippen LogP contribution >= 0.6 is 23.1 Å². The molecule has 0 radical (unpaired) electrons. The fraction of sp³-hybridized carbons (Fsp3) is 0.0909. The fourth-order valence-electron chi connectivity index (χ4n) is 1.39. The SMILES string of the molecule is CNC(=O)c1c(Nc2ccc(Cl)cc2)s[nH]c1=O. The molecule has 94 valence electrons. The van der Waals surface area contributed by atoms with Crippen LogP contribution in [0.1, 0.15) is 10.4 Å². The maximum absolute atomic E-state index is 11.6. The molecule has 0 bridgehead atoms. The summed E-state index contributed by atoms with van der Waals surface area (Å²) in [6.45, 7) is 0. The Morgan fingerprint density at radius 1 is 1.33 bits per heavy atom. The molecule has 0 aliphatic heterocycles. The zero-order valence-corrected chi connectivity index (χ0v) is 11.0. The molecule has 0 spiro atoms. The van der Waals surface area contributed by atoms with Crippen molar-refractivity contribution in [2.45, 2.75) is 0 Å². The summed E-state index contributed by atoms with van der Waals surface area (Å²) in [4.78, 5) is 23.1. The van der Waals surface area contributed by atoms with E-state index in [0.29, 0.717) is 10.0 Å². The monoisotopic (exact) mass is 283 g/mol. The Labute approximate surface area is 112 Å². The van der Waals surface area contributed by atoms with E-state index in [0.717, 1.165) is 17.2 Å². The van der Waals surface area contributed by atoms with Crippen molar-refractivity contribution in [3.63, 3.8) is 0 Å². The molecule has 7 heteroatoms. The van der Waals surface area contributed by atoms with Crippen LogP contribution in [0.3, 0.4) is 0 Å². The van der Waals surface area contributed by atoms with Crippen LogP contribution < -0.4 is 16.2 Å². The number of hydrogen-bond donors (Lipinski definition) is 3. The molecule has 0 saturated carbocycles. The third-order valence-electron chi connectivity index (χ3n) is 2.26. The van der Waals surface area contributed by atoms with Gasteiger partial charge in [-0.05, 0) is 35.8 Å². The number of nitrogens with one attached hydrogen (secondary N) is 3. The molecular formula is C11H10ClN3O2S. The van der Waals surface area contributed by atoms with Gasteiger partial charge >= 0.3 is 0 Å². The Morgan fingerprint density at radius 3 is 2.61 bits per heavy atom. The maximum atomic E-state index is 11.6. The van der Waals surface area contributed by atoms with Gasteiger partial charge in [-0.25, -0.2) is 0 Å². The van der Waals surface area contributed by atoms with E-state index in [1.54, 1.807) is 24.3 Å². The van der Waals surface area contributed by atoms with E-state index in [-0.39, 0.29) is 5.56 Å². The number of benzene rings is 1. The molecule has 18 heavy (non-hydrogen) atoms. The highest BCUT2D eigenvalue weighted by molar-refractivity contribution is 7.10. The smallest absolute Gasteiger partial charge is 0.273 e. The number of rotatable bonds is 3. The van der Waals surface area contributed by atoms with Crippen LogP contribution in [0.25, 0.3) is 0 Å². The van der Waals surface area contributed by atoms with Crippen LogP contribution in [0.15, 0.2) is 29.1 Å². The van der Waals surface area contributed by atoms with Crippen LogP contribution in [-0.2, 0) is 0 Å². The molecule has 5 nitrogen and oxygen atoms in total. The fourth-order valence-corrected chi connectivity index (χ4v) is 2.27. The van der Waals surface area contributed by atoms with E-state index in [1.807, 2.05) is 0 Å². The van der Waals surface area contributed by atoms with Crippen LogP contribution in [0.4, 0.5) is 10.7 Å². The van der Waals surface area contributed by atoms with E-state index in [2.05, 4.69) is 15.0 Å². The third-order valence-corrected chi connectivity index (χ3v) is 3.31. The summed E-state index contributed by atoms with van der Waals surface area (Å²) in [5, 5.41) is 6.53. The normalized spacial score (nSPS) is 10.1. The van der Waals surface area contributed by atoms with Crippen molar-refractivity contribution in [3.8, 4) is 0 Å². The van der Waals surface area contributed by atoms with Crippen molar-refractivity contribution >= 4 is 39.7 Å². The van der Waals surface area contributed by atoms with Gasteiger partial charge in [0.25, 0.3) is 11.5 Å². The summed E-state index contributed by atoms with van der Waals surface area (Å²) in [5.74, 6) is -0.422. The molecule has 1 amide bonds. The first-order valence-electron chi connectivity index (χ1n) is 5.08. The Kier molecular flexibility index (Phi) is 3.69. The quantitative estimate of drug-likeness (QED) is 0.808. The molecule has 0 unspecified atom stereocenters. The van der Waals surface area contributed by atoms with Gasteiger partial charge in [0.15, 0.2) is 0 Å². The maximum Gasteiger partial charge on any atom is 0.273 e. The van der Waals surface area contributed by atoms with Gasteiger partial charge in [-0.15, -0.1) is 0 Å². The van der Waals surface area contributed by atoms with Crippen LogP contribution in [-0.4, -0.2) is 17.3 Å². The van der Waals surface area contributed by atoms with Crippen molar-refractivity contribution in [2.75, 3.05) is 12.4 Å². The first-order valence-corrected chi connectivity index (χ1v) is 6.27. The first kappa shape index (κ1) is 12.7. The highest BCUT2D eigenvalue weighted by atomic mass is 35.5. The van der Waals surface area contributed by atoms with Gasteiger partial charge in [-0.2, -0.15) is 0 Å². The van der Waals surface area contributed by atoms with Crippen molar-refractivity contribution in [2.24, 2.45) is 0 Å². The zero-order chi connectivity index (χ0) is 13.1. The van der Waals surface area contributed by atoms with Crippen LogP contribution in [0.2, 0.25) is 5.02 Å². The average molecular weight is 284 g/mol. The first-order chi connectivity index (χ1) is 8.61. The van der Waals surface area contributed by atoms with Gasteiger partial charge < -0.3 is 10.6 Å². The molecule has 2 aromatic rings. The molecule has 0 aliphatic carbocycles. The van der Waals surface area contributed by atoms with Gasteiger partial charge in [0.1, 0.15) is 10.6 Å². The minimum absolute atomic E-state index is 0.0810. The molecule has 1 aromatic heterocycles. The number of halogens is 1. The van der Waals surface area contributed by atoms with Crippen molar-refractivity contribution < 1.29 is 4.79 Å². The number of anilines is 2. The lowest BCUT2D eigenvalue weighted by molar-refractivity contribution is 0.0963. The molecular weight excluding hydrogens is 274 g/mol. The molecule has 0 aliphatic rings. The molecule has 0 fully saturated rings. The van der Waals surface area contributed by atoms with Crippen molar-refractivity contribution in [3.05, 3.63) is 45.2 Å². The summed E-state index contributed by atoms with van der Waals surface area (Å²) in [6, 6.07) is 6.97. The second-order valence-corrected chi connectivity index (χ2v) is 4.70. The Balaban J connectivity index is 2.32. The lowest BCUT2D eigenvalue weighted by Crippen LogP contribution is -2.24. The summed E-state index contributed by atoms with van der Waals surface area (Å²) >= 11 is 6.85. The van der Waals surface area contributed by atoms with Crippen LogP contribution in [0, 0.1) is 0 Å². The zero-order valence-electron chi connectivity index (χ0n) is 9.41. The van der Waals surface area contributed by atoms with Gasteiger partial charge in [0, 0.05) is 17.8 Å². The largest absolute Gasteiger partial charge is 0.355 e. The molecule has 1 aromatic carbocycles. The number of aromatic amines is 1. The molecule has 1 heterocycles. The number of carbonyl (C=O) groups excluding carboxylic acids is 1. The lowest BCUT2D eigenvalue weighted by atomic mass is 10.3. The number of aromatic nitrogens is 1. The number of H-pyrrole nitrogens is 1. The highest BCUT2D eigenvalue weighted by Gasteiger charge is 2.17. The van der Waals surface area contributed by atoms with E-state index in [9.17, 15) is 9.59 Å². The topological polar surface area (TPSA) is 74.0 Å². The minimum Gasteiger partial charge on any atom is -0.355 e. The standard InChI is InChI=1S/C11H10ClN3O2S/c1-13-9(16)8-10(17)15-18-11(8)14-7-4-2-6(12)3-5-7/h2-5,14H,1H3,(H,13,16)(H,15,17). The van der Waals surface area contributed by atoms with Crippen LogP contribution in [0.5, 0.6) is 0 Å². The molecule has 3 N–H and O–H groups in total. The van der Waals surface area contributed by atoms with Gasteiger partial charge in [-0.1, -0.05) is 11.6 Å². The molecule has 2 rings (SSSR count). The Hall–Kier alpha value is -1.79. The van der Waals surface area contributed by atoms with Crippen molar-refractivity contribution in [1.82, 2.24) is 9.69 Å². The van der Waals surface area contributed by atoms with E-state index < -0.39 is 11.5 Å². The lowest BCUT2D eigenvalue weighted by Gasteiger charge is -2.05. The van der Waals surface area contributed by atoms with Gasteiger partial charge in [0.05, 0.1) is 0 Å². The van der Waals surface area contributed by atoms with Gasteiger partial charge in [0.2, 0.25) is 0 Å². The molecule has 0 saturated heterocycles. The summed E-state index contributed by atoms with van der Waals surface area (Å²) < 4.78 is 2.52. The summed E-state index contributed by atoms with van der Waals surface area (Å²) in [6.07, 6.45) is 0. The second kappa shape index (κ2) is 5.24. The van der Waals surface area contributed by atoms with E-state index >= 15 is 0 Å². The van der Waals surface area contributed by atoms with Gasteiger partial charge in [-0.3, -0.25) is 14.0 Å². The van der Waals surface area contributed by atoms with E-state index in [4.69, 9.17) is 11.6 Å². The predicted molar refractivity (Wildman–Crippen MR) is 73.1 cm³/mol. The number of hydrogen-bond acceptors (Lipinski definition) is 4.